The summed E-state index contributed by atoms with van der Waals surface area (Å²) in [7, 11) is -3.96. The molecule has 0 atom stereocenters. The van der Waals surface area contributed by atoms with Crippen molar-refractivity contribution in [1.82, 2.24) is 4.72 Å². The minimum atomic E-state index is -3.96. The highest BCUT2D eigenvalue weighted by Gasteiger charge is 2.18. The molecule has 124 valence electrons. The lowest BCUT2D eigenvalue weighted by atomic mass is 10.1. The van der Waals surface area contributed by atoms with Crippen molar-refractivity contribution in [3.63, 3.8) is 0 Å². The van der Waals surface area contributed by atoms with Crippen molar-refractivity contribution >= 4 is 16.0 Å². The van der Waals surface area contributed by atoms with Gasteiger partial charge in [-0.1, -0.05) is 0 Å². The van der Waals surface area contributed by atoms with Gasteiger partial charge in [0, 0.05) is 12.1 Å². The van der Waals surface area contributed by atoms with Gasteiger partial charge in [0.05, 0.1) is 22.1 Å². The first kappa shape index (κ1) is 17.6. The number of aryl methyl sites for hydroxylation is 1. The van der Waals surface area contributed by atoms with Crippen LogP contribution in [0, 0.1) is 24.1 Å². The van der Waals surface area contributed by atoms with Crippen molar-refractivity contribution in [3.05, 3.63) is 64.5 Å². The Balaban J connectivity index is 2.27. The topological polar surface area (TPSA) is 107 Å². The number of carboxylic acid groups (broad SMARTS) is 1. The fourth-order valence-electron chi connectivity index (χ4n) is 2.11. The van der Waals surface area contributed by atoms with Gasteiger partial charge in [-0.2, -0.15) is 5.26 Å². The molecule has 0 aliphatic carbocycles. The van der Waals surface area contributed by atoms with E-state index in [1.54, 1.807) is 0 Å². The molecule has 0 heterocycles. The Hall–Kier alpha value is -2.76. The molecule has 0 aliphatic rings. The number of nitrogens with zero attached hydrogens (tertiary/aromatic N) is 1. The number of rotatable bonds is 5. The number of hydrogen-bond donors (Lipinski definition) is 2. The third-order valence-corrected chi connectivity index (χ3v) is 4.90. The first-order valence-corrected chi connectivity index (χ1v) is 8.25. The Kier molecular flexibility index (Phi) is 4.97. The van der Waals surface area contributed by atoms with Crippen LogP contribution in [0.4, 0.5) is 4.39 Å². The van der Waals surface area contributed by atoms with Crippen molar-refractivity contribution in [2.45, 2.75) is 18.4 Å². The van der Waals surface area contributed by atoms with Gasteiger partial charge in [0.25, 0.3) is 0 Å². The Bertz CT molecular complexity index is 949. The number of carbonyl (C=O) groups is 1. The monoisotopic (exact) mass is 348 g/mol. The normalized spacial score (nSPS) is 11.0. The van der Waals surface area contributed by atoms with Crippen molar-refractivity contribution in [3.8, 4) is 6.07 Å². The average molecular weight is 348 g/mol. The molecule has 0 saturated heterocycles. The maximum atomic E-state index is 13.7. The Morgan fingerprint density at radius 2 is 2.00 bits per heavy atom. The van der Waals surface area contributed by atoms with E-state index in [1.807, 2.05) is 6.07 Å². The summed E-state index contributed by atoms with van der Waals surface area (Å²) in [6, 6.07) is 9.11. The summed E-state index contributed by atoms with van der Waals surface area (Å²) in [5.41, 5.74) is 0.484. The van der Waals surface area contributed by atoms with Crippen LogP contribution in [0.5, 0.6) is 0 Å². The zero-order valence-electron chi connectivity index (χ0n) is 12.6. The molecule has 0 saturated carbocycles. The molecule has 6 nitrogen and oxygen atoms in total. The molecule has 2 rings (SSSR count). The quantitative estimate of drug-likeness (QED) is 0.861. The highest BCUT2D eigenvalue weighted by atomic mass is 32.2. The van der Waals surface area contributed by atoms with Gasteiger partial charge in [-0.3, -0.25) is 0 Å². The van der Waals surface area contributed by atoms with Crippen LogP contribution in [0.1, 0.15) is 27.0 Å². The second-order valence-electron chi connectivity index (χ2n) is 5.03. The standard InChI is InChI=1S/C16H13FN2O4S/c1-10-6-12(16(20)21)3-5-15(10)24(22,23)19-9-13-7-11(8-18)2-4-14(13)17/h2-7,19H,9H2,1H3,(H,20,21). The number of aromatic carboxylic acids is 1. The van der Waals surface area contributed by atoms with E-state index in [-0.39, 0.29) is 33.7 Å². The first-order valence-electron chi connectivity index (χ1n) is 6.77. The third kappa shape index (κ3) is 3.76. The average Bonchev–Trinajstić information content (AvgIpc) is 2.53. The highest BCUT2D eigenvalue weighted by Crippen LogP contribution is 2.18. The van der Waals surface area contributed by atoms with Gasteiger partial charge in [-0.15, -0.1) is 0 Å². The van der Waals surface area contributed by atoms with Crippen molar-refractivity contribution in [2.75, 3.05) is 0 Å². The molecule has 2 aromatic rings. The van der Waals surface area contributed by atoms with Crippen LogP contribution in [-0.2, 0) is 16.6 Å². The van der Waals surface area contributed by atoms with Crippen molar-refractivity contribution in [2.24, 2.45) is 0 Å². The van der Waals surface area contributed by atoms with E-state index in [0.717, 1.165) is 6.07 Å². The molecule has 0 aliphatic heterocycles. The van der Waals surface area contributed by atoms with Crippen LogP contribution in [0.2, 0.25) is 0 Å². The molecule has 2 N–H and O–H groups in total. The molecular formula is C16H13FN2O4S. The fourth-order valence-corrected chi connectivity index (χ4v) is 3.35. The van der Waals surface area contributed by atoms with Crippen LogP contribution >= 0.6 is 0 Å². The van der Waals surface area contributed by atoms with Gasteiger partial charge in [0.1, 0.15) is 5.82 Å². The second kappa shape index (κ2) is 6.78. The molecule has 0 amide bonds. The lowest BCUT2D eigenvalue weighted by Gasteiger charge is -2.10. The number of carboxylic acids is 1. The van der Waals surface area contributed by atoms with Crippen LogP contribution < -0.4 is 4.72 Å². The van der Waals surface area contributed by atoms with Crippen molar-refractivity contribution in [1.29, 1.82) is 5.26 Å². The number of nitriles is 1. The SMILES string of the molecule is Cc1cc(C(=O)O)ccc1S(=O)(=O)NCc1cc(C#N)ccc1F. The van der Waals surface area contributed by atoms with Gasteiger partial charge in [-0.05, 0) is 48.9 Å². The van der Waals surface area contributed by atoms with E-state index in [1.165, 1.54) is 37.3 Å². The fraction of sp³-hybridized carbons (Fsp3) is 0.125. The summed E-state index contributed by atoms with van der Waals surface area (Å²) in [5.74, 6) is -1.79. The minimum Gasteiger partial charge on any atom is -0.478 e. The van der Waals surface area contributed by atoms with Crippen molar-refractivity contribution < 1.29 is 22.7 Å². The van der Waals surface area contributed by atoms with Crippen LogP contribution in [0.3, 0.4) is 0 Å². The molecule has 24 heavy (non-hydrogen) atoms. The summed E-state index contributed by atoms with van der Waals surface area (Å²) in [6.45, 7) is 1.14. The lowest BCUT2D eigenvalue weighted by Crippen LogP contribution is -2.24. The zero-order valence-corrected chi connectivity index (χ0v) is 13.4. The van der Waals surface area contributed by atoms with Gasteiger partial charge in [0.15, 0.2) is 0 Å². The summed E-state index contributed by atoms with van der Waals surface area (Å²) >= 11 is 0. The Morgan fingerprint density at radius 3 is 2.58 bits per heavy atom. The van der Waals surface area contributed by atoms with E-state index in [4.69, 9.17) is 10.4 Å². The molecule has 0 bridgehead atoms. The maximum Gasteiger partial charge on any atom is 0.335 e. The third-order valence-electron chi connectivity index (χ3n) is 3.34. The number of nitrogens with one attached hydrogen (secondary N) is 1. The summed E-state index contributed by atoms with van der Waals surface area (Å²) in [5, 5.41) is 17.7. The van der Waals surface area contributed by atoms with E-state index in [9.17, 15) is 17.6 Å². The molecule has 8 heteroatoms. The largest absolute Gasteiger partial charge is 0.478 e. The van der Waals surface area contributed by atoms with Crippen LogP contribution in [0.25, 0.3) is 0 Å². The van der Waals surface area contributed by atoms with Gasteiger partial charge >= 0.3 is 5.97 Å². The van der Waals surface area contributed by atoms with E-state index in [2.05, 4.69) is 4.72 Å². The van der Waals surface area contributed by atoms with Gasteiger partial charge in [0.2, 0.25) is 10.0 Å². The molecule has 2 aromatic carbocycles. The smallest absolute Gasteiger partial charge is 0.335 e. The molecule has 0 unspecified atom stereocenters. The summed E-state index contributed by atoms with van der Waals surface area (Å²) in [6.07, 6.45) is 0. The molecular weight excluding hydrogens is 335 g/mol. The lowest BCUT2D eigenvalue weighted by molar-refractivity contribution is 0.0696. The first-order chi connectivity index (χ1) is 11.2. The molecule has 0 aromatic heterocycles. The summed E-state index contributed by atoms with van der Waals surface area (Å²) < 4.78 is 40.6. The number of sulfonamides is 1. The van der Waals surface area contributed by atoms with E-state index >= 15 is 0 Å². The molecule has 0 radical (unpaired) electrons. The predicted octanol–water partition coefficient (Wildman–Crippen LogP) is 2.18. The Morgan fingerprint density at radius 1 is 1.29 bits per heavy atom. The molecule has 0 fully saturated rings. The van der Waals surface area contributed by atoms with Gasteiger partial charge < -0.3 is 5.11 Å². The Labute approximate surface area is 138 Å². The maximum absolute atomic E-state index is 13.7. The van der Waals surface area contributed by atoms with E-state index in [0.29, 0.717) is 0 Å². The van der Waals surface area contributed by atoms with Crippen LogP contribution in [-0.4, -0.2) is 19.5 Å². The van der Waals surface area contributed by atoms with Gasteiger partial charge in [-0.25, -0.2) is 22.3 Å². The zero-order chi connectivity index (χ0) is 17.9. The molecule has 0 spiro atoms. The second-order valence-corrected chi connectivity index (χ2v) is 6.76. The number of hydrogen-bond acceptors (Lipinski definition) is 4. The predicted molar refractivity (Wildman–Crippen MR) is 83.3 cm³/mol. The highest BCUT2D eigenvalue weighted by molar-refractivity contribution is 7.89. The minimum absolute atomic E-state index is 0.0285. The number of halogens is 1. The number of benzene rings is 2. The summed E-state index contributed by atoms with van der Waals surface area (Å²) in [4.78, 5) is 10.8. The van der Waals surface area contributed by atoms with E-state index < -0.39 is 21.8 Å². The van der Waals surface area contributed by atoms with Crippen LogP contribution in [0.15, 0.2) is 41.3 Å².